The van der Waals surface area contributed by atoms with Gasteiger partial charge in [-0.2, -0.15) is 0 Å². The molecule has 77 heavy (non-hydrogen) atoms. The molecule has 456 valence electrons. The summed E-state index contributed by atoms with van der Waals surface area (Å²) in [7, 11) is -9.86. The highest BCUT2D eigenvalue weighted by Crippen LogP contribution is 2.45. The topological polar surface area (TPSA) is 237 Å². The molecule has 0 saturated heterocycles. The van der Waals surface area contributed by atoms with Gasteiger partial charge in [-0.25, -0.2) is 9.13 Å². The average molecular weight is 1140 g/mol. The van der Waals surface area contributed by atoms with Crippen LogP contribution < -0.4 is 0 Å². The Morgan fingerprint density at radius 2 is 0.597 bits per heavy atom. The Balaban J connectivity index is 5.19. The van der Waals surface area contributed by atoms with Gasteiger partial charge in [0.05, 0.1) is 26.4 Å². The van der Waals surface area contributed by atoms with Crippen molar-refractivity contribution in [2.75, 3.05) is 39.6 Å². The number of phosphoric ester groups is 2. The lowest BCUT2D eigenvalue weighted by molar-refractivity contribution is -0.161. The number of carbonyl (C=O) groups excluding carboxylic acids is 4. The van der Waals surface area contributed by atoms with Crippen LogP contribution in [-0.2, 0) is 65.4 Å². The summed E-state index contributed by atoms with van der Waals surface area (Å²) < 4.78 is 67.5. The van der Waals surface area contributed by atoms with E-state index in [0.29, 0.717) is 25.7 Å². The number of phosphoric acid groups is 2. The van der Waals surface area contributed by atoms with Crippen molar-refractivity contribution in [1.82, 2.24) is 0 Å². The van der Waals surface area contributed by atoms with Crippen LogP contribution in [0.25, 0.3) is 0 Å². The zero-order valence-corrected chi connectivity index (χ0v) is 50.9. The molecule has 0 saturated carbocycles. The number of hydrogen-bond acceptors (Lipinski definition) is 15. The van der Waals surface area contributed by atoms with Gasteiger partial charge in [0, 0.05) is 25.7 Å². The van der Waals surface area contributed by atoms with Gasteiger partial charge in [-0.3, -0.25) is 37.3 Å². The smallest absolute Gasteiger partial charge is 0.462 e. The van der Waals surface area contributed by atoms with Crippen molar-refractivity contribution in [3.8, 4) is 0 Å². The summed E-state index contributed by atoms with van der Waals surface area (Å²) in [4.78, 5) is 71.7. The highest BCUT2D eigenvalue weighted by Gasteiger charge is 2.30. The van der Waals surface area contributed by atoms with E-state index in [-0.39, 0.29) is 25.7 Å². The van der Waals surface area contributed by atoms with Crippen LogP contribution >= 0.6 is 15.6 Å². The molecular weight excluding hydrogens is 1030 g/mol. The first kappa shape index (κ1) is 75.1. The van der Waals surface area contributed by atoms with Crippen LogP contribution in [0, 0.1) is 5.92 Å². The summed E-state index contributed by atoms with van der Waals surface area (Å²) >= 11 is 0. The van der Waals surface area contributed by atoms with E-state index in [9.17, 15) is 43.2 Å². The predicted octanol–water partition coefficient (Wildman–Crippen LogP) is 15.5. The minimum Gasteiger partial charge on any atom is -0.462 e. The third-order valence-corrected chi connectivity index (χ3v) is 15.2. The second-order valence-corrected chi connectivity index (χ2v) is 24.4. The summed E-state index contributed by atoms with van der Waals surface area (Å²) in [6.07, 6.45) is 33.7. The van der Waals surface area contributed by atoms with Crippen LogP contribution in [0.15, 0.2) is 0 Å². The summed E-state index contributed by atoms with van der Waals surface area (Å²) in [5.41, 5.74) is 0. The third-order valence-electron chi connectivity index (χ3n) is 13.3. The molecule has 0 aliphatic carbocycles. The zero-order valence-electron chi connectivity index (χ0n) is 49.1. The van der Waals surface area contributed by atoms with Gasteiger partial charge in [-0.05, 0) is 31.6 Å². The van der Waals surface area contributed by atoms with E-state index in [1.54, 1.807) is 0 Å². The molecule has 0 aliphatic heterocycles. The molecule has 0 heterocycles. The number of aliphatic hydroxyl groups excluding tert-OH is 1. The van der Waals surface area contributed by atoms with E-state index in [1.165, 1.54) is 83.5 Å². The Labute approximate surface area is 467 Å². The summed E-state index contributed by atoms with van der Waals surface area (Å²) in [6.45, 7) is 7.04. The lowest BCUT2D eigenvalue weighted by atomic mass is 10.0. The number of ether oxygens (including phenoxy) is 4. The molecule has 3 N–H and O–H groups in total. The molecule has 19 heteroatoms. The molecule has 0 aromatic rings. The number of esters is 4. The number of unbranched alkanes of at least 4 members (excludes halogenated alkanes) is 30. The molecule has 0 radical (unpaired) electrons. The van der Waals surface area contributed by atoms with Gasteiger partial charge in [0.1, 0.15) is 19.3 Å². The second kappa shape index (κ2) is 52.2. The predicted molar refractivity (Wildman–Crippen MR) is 303 cm³/mol. The van der Waals surface area contributed by atoms with E-state index in [2.05, 4.69) is 34.6 Å². The lowest BCUT2D eigenvalue weighted by Gasteiger charge is -2.21. The van der Waals surface area contributed by atoms with Gasteiger partial charge in [0.15, 0.2) is 12.2 Å². The SMILES string of the molecule is CCCCCCCCCCCCCC(=O)OC[C@H](COP(=O)(O)OC[C@@H](O)COP(=O)(O)OC[C@@H](COC(=O)CCCCCCCCC)OC(=O)CCCCCCCCC)OC(=O)CCCCCCCCCCCC(C)C. The van der Waals surface area contributed by atoms with Crippen LogP contribution in [0.1, 0.15) is 285 Å². The standard InChI is InChI=1S/C58H112O17P2/c1-6-9-12-15-18-19-20-23-28-32-37-42-56(61)69-48-54(75-58(63)44-39-34-29-24-21-22-27-30-35-40-51(4)5)50-73-77(66,67)71-46-52(59)45-70-76(64,65)72-49-53(74-57(62)43-38-33-26-17-14-11-8-3)47-68-55(60)41-36-31-25-16-13-10-7-2/h51-54,59H,6-50H2,1-5H3,(H,64,65)(H,66,67)/t52-,53+,54+/m0/s1. The molecule has 5 atom stereocenters. The molecule has 0 bridgehead atoms. The zero-order chi connectivity index (χ0) is 57.1. The van der Waals surface area contributed by atoms with Gasteiger partial charge >= 0.3 is 39.5 Å². The van der Waals surface area contributed by atoms with Crippen molar-refractivity contribution in [3.63, 3.8) is 0 Å². The van der Waals surface area contributed by atoms with Crippen molar-refractivity contribution < 1.29 is 80.2 Å². The maximum Gasteiger partial charge on any atom is 0.472 e. The first-order valence-corrected chi connectivity index (χ1v) is 33.6. The molecule has 0 amide bonds. The minimum absolute atomic E-state index is 0.103. The molecule has 0 rings (SSSR count). The van der Waals surface area contributed by atoms with E-state index >= 15 is 0 Å². The molecule has 2 unspecified atom stereocenters. The first-order chi connectivity index (χ1) is 37.0. The molecule has 0 aliphatic rings. The normalized spacial score (nSPS) is 14.4. The van der Waals surface area contributed by atoms with E-state index in [0.717, 1.165) is 121 Å². The Bertz CT molecular complexity index is 1520. The van der Waals surface area contributed by atoms with Gasteiger partial charge < -0.3 is 33.8 Å². The maximum absolute atomic E-state index is 12.9. The van der Waals surface area contributed by atoms with Crippen LogP contribution in [0.4, 0.5) is 0 Å². The fourth-order valence-corrected chi connectivity index (χ4v) is 10.1. The fraction of sp³-hybridized carbons (Fsp3) is 0.931. The monoisotopic (exact) mass is 1140 g/mol. The summed E-state index contributed by atoms with van der Waals surface area (Å²) in [5.74, 6) is -1.41. The average Bonchev–Trinajstić information content (AvgIpc) is 3.39. The van der Waals surface area contributed by atoms with Crippen molar-refractivity contribution >= 4 is 39.5 Å². The molecule has 0 fully saturated rings. The van der Waals surface area contributed by atoms with Crippen molar-refractivity contribution in [2.24, 2.45) is 5.92 Å². The van der Waals surface area contributed by atoms with Crippen LogP contribution in [0.2, 0.25) is 0 Å². The largest absolute Gasteiger partial charge is 0.472 e. The quantitative estimate of drug-likeness (QED) is 0.0222. The number of carbonyl (C=O) groups is 4. The Morgan fingerprint density at radius 1 is 0.351 bits per heavy atom. The molecular formula is C58H112O17P2. The van der Waals surface area contributed by atoms with E-state index in [1.807, 2.05) is 0 Å². The molecule has 0 aromatic heterocycles. The van der Waals surface area contributed by atoms with Gasteiger partial charge in [-0.1, -0.05) is 234 Å². The van der Waals surface area contributed by atoms with Crippen molar-refractivity contribution in [3.05, 3.63) is 0 Å². The maximum atomic E-state index is 12.9. The number of rotatable bonds is 58. The summed E-state index contributed by atoms with van der Waals surface area (Å²) in [6, 6.07) is 0. The number of aliphatic hydroxyl groups is 1. The first-order valence-electron chi connectivity index (χ1n) is 30.6. The number of hydrogen-bond donors (Lipinski definition) is 3. The van der Waals surface area contributed by atoms with Crippen LogP contribution in [0.3, 0.4) is 0 Å². The van der Waals surface area contributed by atoms with Gasteiger partial charge in [-0.15, -0.1) is 0 Å². The van der Waals surface area contributed by atoms with Crippen LogP contribution in [0.5, 0.6) is 0 Å². The van der Waals surface area contributed by atoms with Crippen LogP contribution in [-0.4, -0.2) is 96.7 Å². The summed E-state index contributed by atoms with van der Waals surface area (Å²) in [5, 5.41) is 10.5. The molecule has 0 aromatic carbocycles. The molecule has 0 spiro atoms. The lowest BCUT2D eigenvalue weighted by Crippen LogP contribution is -2.30. The Morgan fingerprint density at radius 3 is 0.883 bits per heavy atom. The van der Waals surface area contributed by atoms with Gasteiger partial charge in [0.2, 0.25) is 0 Å². The van der Waals surface area contributed by atoms with E-state index < -0.39 is 97.5 Å². The van der Waals surface area contributed by atoms with E-state index in [4.69, 9.17) is 37.0 Å². The third kappa shape index (κ3) is 53.2. The Hall–Kier alpha value is -1.94. The highest BCUT2D eigenvalue weighted by molar-refractivity contribution is 7.47. The molecule has 17 nitrogen and oxygen atoms in total. The minimum atomic E-state index is -4.94. The highest BCUT2D eigenvalue weighted by atomic mass is 31.2. The van der Waals surface area contributed by atoms with Crippen molar-refractivity contribution in [1.29, 1.82) is 0 Å². The van der Waals surface area contributed by atoms with Gasteiger partial charge in [0.25, 0.3) is 0 Å². The van der Waals surface area contributed by atoms with Crippen molar-refractivity contribution in [2.45, 2.75) is 303 Å². The Kier molecular flexibility index (Phi) is 50.8. The fourth-order valence-electron chi connectivity index (χ4n) is 8.52. The second-order valence-electron chi connectivity index (χ2n) is 21.5.